The predicted molar refractivity (Wildman–Crippen MR) is 62.7 cm³/mol. The summed E-state index contributed by atoms with van der Waals surface area (Å²) in [5, 5.41) is 11.3. The zero-order valence-electron chi connectivity index (χ0n) is 10.3. The van der Waals surface area contributed by atoms with E-state index in [0.717, 1.165) is 19.4 Å². The van der Waals surface area contributed by atoms with E-state index in [4.69, 9.17) is 9.84 Å². The highest BCUT2D eigenvalue weighted by molar-refractivity contribution is 5.76. The standard InChI is InChI=1S/C12H21NO4/c1-9(10-5-4-8-17-10)13-11(14)6-2-3-7-12(15)16/h9-10H,2-8H2,1H3,(H,13,14)(H,15,16). The number of amides is 1. The minimum absolute atomic E-state index is 0.0154. The number of carbonyl (C=O) groups is 2. The molecule has 1 fully saturated rings. The summed E-state index contributed by atoms with van der Waals surface area (Å²) in [6.07, 6.45) is 3.90. The normalized spacial score (nSPS) is 21.1. The molecule has 1 aliphatic rings. The van der Waals surface area contributed by atoms with Crippen LogP contribution in [0.5, 0.6) is 0 Å². The minimum atomic E-state index is -0.807. The lowest BCUT2D eigenvalue weighted by atomic mass is 10.1. The molecule has 2 unspecified atom stereocenters. The van der Waals surface area contributed by atoms with Crippen LogP contribution < -0.4 is 5.32 Å². The van der Waals surface area contributed by atoms with Crippen molar-refractivity contribution in [2.45, 2.75) is 57.6 Å². The number of carboxylic acids is 1. The Kier molecular flexibility index (Phi) is 5.97. The summed E-state index contributed by atoms with van der Waals surface area (Å²) in [7, 11) is 0. The van der Waals surface area contributed by atoms with E-state index in [1.807, 2.05) is 6.92 Å². The van der Waals surface area contributed by atoms with E-state index in [-0.39, 0.29) is 24.5 Å². The Morgan fingerprint density at radius 3 is 2.71 bits per heavy atom. The Balaban J connectivity index is 2.09. The number of aliphatic carboxylic acids is 1. The smallest absolute Gasteiger partial charge is 0.303 e. The number of carboxylic acid groups (broad SMARTS) is 1. The first-order chi connectivity index (χ1) is 8.09. The van der Waals surface area contributed by atoms with Gasteiger partial charge in [0.25, 0.3) is 0 Å². The van der Waals surface area contributed by atoms with E-state index in [1.54, 1.807) is 0 Å². The summed E-state index contributed by atoms with van der Waals surface area (Å²) < 4.78 is 5.48. The van der Waals surface area contributed by atoms with Crippen LogP contribution in [0.2, 0.25) is 0 Å². The molecule has 2 N–H and O–H groups in total. The minimum Gasteiger partial charge on any atom is -0.481 e. The van der Waals surface area contributed by atoms with E-state index < -0.39 is 5.97 Å². The molecule has 98 valence electrons. The molecular formula is C12H21NO4. The van der Waals surface area contributed by atoms with Gasteiger partial charge in [0.05, 0.1) is 12.1 Å². The van der Waals surface area contributed by atoms with E-state index in [0.29, 0.717) is 19.3 Å². The lowest BCUT2D eigenvalue weighted by Gasteiger charge is -2.19. The van der Waals surface area contributed by atoms with Crippen LogP contribution in [0.15, 0.2) is 0 Å². The highest BCUT2D eigenvalue weighted by Gasteiger charge is 2.23. The van der Waals surface area contributed by atoms with Crippen LogP contribution in [0, 0.1) is 0 Å². The number of rotatable bonds is 7. The summed E-state index contributed by atoms with van der Waals surface area (Å²) in [6, 6.07) is 0.0458. The maximum absolute atomic E-state index is 11.5. The molecule has 0 aliphatic carbocycles. The topological polar surface area (TPSA) is 75.6 Å². The molecule has 0 radical (unpaired) electrons. The van der Waals surface area contributed by atoms with Crippen molar-refractivity contribution in [1.82, 2.24) is 5.32 Å². The zero-order chi connectivity index (χ0) is 12.7. The maximum Gasteiger partial charge on any atom is 0.303 e. The first kappa shape index (κ1) is 14.0. The largest absolute Gasteiger partial charge is 0.481 e. The first-order valence-corrected chi connectivity index (χ1v) is 6.22. The number of carbonyl (C=O) groups excluding carboxylic acids is 1. The molecular weight excluding hydrogens is 222 g/mol. The fraction of sp³-hybridized carbons (Fsp3) is 0.833. The van der Waals surface area contributed by atoms with Crippen molar-refractivity contribution in [3.05, 3.63) is 0 Å². The molecule has 0 bridgehead atoms. The summed E-state index contributed by atoms with van der Waals surface area (Å²) in [5.74, 6) is -0.823. The van der Waals surface area contributed by atoms with Gasteiger partial charge >= 0.3 is 5.97 Å². The van der Waals surface area contributed by atoms with Crippen LogP contribution in [-0.4, -0.2) is 35.7 Å². The van der Waals surface area contributed by atoms with Gasteiger partial charge in [0.2, 0.25) is 5.91 Å². The van der Waals surface area contributed by atoms with Gasteiger partial charge in [0.1, 0.15) is 0 Å². The fourth-order valence-corrected chi connectivity index (χ4v) is 1.98. The van der Waals surface area contributed by atoms with Crippen LogP contribution in [-0.2, 0) is 14.3 Å². The summed E-state index contributed by atoms with van der Waals surface area (Å²) >= 11 is 0. The Bertz CT molecular complexity index is 261. The number of hydrogen-bond acceptors (Lipinski definition) is 3. The molecule has 17 heavy (non-hydrogen) atoms. The van der Waals surface area contributed by atoms with Crippen molar-refractivity contribution >= 4 is 11.9 Å². The van der Waals surface area contributed by atoms with Gasteiger partial charge in [-0.25, -0.2) is 0 Å². The van der Waals surface area contributed by atoms with Crippen molar-refractivity contribution in [2.75, 3.05) is 6.61 Å². The SMILES string of the molecule is CC(NC(=O)CCCCC(=O)O)C1CCCO1. The fourth-order valence-electron chi connectivity index (χ4n) is 1.98. The lowest BCUT2D eigenvalue weighted by molar-refractivity contribution is -0.137. The Morgan fingerprint density at radius 2 is 2.12 bits per heavy atom. The van der Waals surface area contributed by atoms with Gasteiger partial charge in [-0.3, -0.25) is 9.59 Å². The van der Waals surface area contributed by atoms with Gasteiger partial charge in [-0.05, 0) is 32.6 Å². The second-order valence-corrected chi connectivity index (χ2v) is 4.51. The van der Waals surface area contributed by atoms with Gasteiger partial charge in [0.15, 0.2) is 0 Å². The predicted octanol–water partition coefficient (Wildman–Crippen LogP) is 1.32. The molecule has 0 spiro atoms. The van der Waals surface area contributed by atoms with Crippen molar-refractivity contribution in [3.8, 4) is 0 Å². The summed E-state index contributed by atoms with van der Waals surface area (Å²) in [6.45, 7) is 2.73. The molecule has 2 atom stereocenters. The van der Waals surface area contributed by atoms with Gasteiger partial charge < -0.3 is 15.2 Å². The molecule has 1 saturated heterocycles. The summed E-state index contributed by atoms with van der Waals surface area (Å²) in [4.78, 5) is 21.8. The monoisotopic (exact) mass is 243 g/mol. The quantitative estimate of drug-likeness (QED) is 0.661. The second kappa shape index (κ2) is 7.27. The molecule has 0 aromatic rings. The second-order valence-electron chi connectivity index (χ2n) is 4.51. The number of unbranched alkanes of at least 4 members (excludes halogenated alkanes) is 1. The van der Waals surface area contributed by atoms with Crippen LogP contribution >= 0.6 is 0 Å². The van der Waals surface area contributed by atoms with Crippen molar-refractivity contribution < 1.29 is 19.4 Å². The highest BCUT2D eigenvalue weighted by Crippen LogP contribution is 2.15. The molecule has 5 heteroatoms. The van der Waals surface area contributed by atoms with Crippen LogP contribution in [0.3, 0.4) is 0 Å². The molecule has 0 saturated carbocycles. The zero-order valence-corrected chi connectivity index (χ0v) is 10.3. The lowest BCUT2D eigenvalue weighted by Crippen LogP contribution is -2.40. The summed E-state index contributed by atoms with van der Waals surface area (Å²) in [5.41, 5.74) is 0. The number of hydrogen-bond donors (Lipinski definition) is 2. The van der Waals surface area contributed by atoms with Crippen molar-refractivity contribution in [1.29, 1.82) is 0 Å². The molecule has 0 aromatic carbocycles. The maximum atomic E-state index is 11.5. The molecule has 1 heterocycles. The molecule has 1 amide bonds. The Hall–Kier alpha value is -1.10. The van der Waals surface area contributed by atoms with Crippen LogP contribution in [0.4, 0.5) is 0 Å². The van der Waals surface area contributed by atoms with E-state index >= 15 is 0 Å². The number of nitrogens with one attached hydrogen (secondary N) is 1. The third-order valence-corrected chi connectivity index (χ3v) is 2.96. The first-order valence-electron chi connectivity index (χ1n) is 6.22. The third-order valence-electron chi connectivity index (χ3n) is 2.96. The highest BCUT2D eigenvalue weighted by atomic mass is 16.5. The Morgan fingerprint density at radius 1 is 1.41 bits per heavy atom. The average Bonchev–Trinajstić information content (AvgIpc) is 2.77. The van der Waals surface area contributed by atoms with Crippen LogP contribution in [0.25, 0.3) is 0 Å². The van der Waals surface area contributed by atoms with Crippen LogP contribution in [0.1, 0.15) is 45.4 Å². The average molecular weight is 243 g/mol. The van der Waals surface area contributed by atoms with Gasteiger partial charge in [0, 0.05) is 19.4 Å². The third kappa shape index (κ3) is 5.68. The molecule has 5 nitrogen and oxygen atoms in total. The van der Waals surface area contributed by atoms with Crippen molar-refractivity contribution in [2.24, 2.45) is 0 Å². The molecule has 0 aromatic heterocycles. The van der Waals surface area contributed by atoms with E-state index in [9.17, 15) is 9.59 Å². The number of ether oxygens (including phenoxy) is 1. The van der Waals surface area contributed by atoms with Gasteiger partial charge in [-0.15, -0.1) is 0 Å². The van der Waals surface area contributed by atoms with Gasteiger partial charge in [-0.1, -0.05) is 0 Å². The Labute approximate surface area is 102 Å². The van der Waals surface area contributed by atoms with Crippen molar-refractivity contribution in [3.63, 3.8) is 0 Å². The van der Waals surface area contributed by atoms with E-state index in [1.165, 1.54) is 0 Å². The van der Waals surface area contributed by atoms with E-state index in [2.05, 4.69) is 5.32 Å². The van der Waals surface area contributed by atoms with Gasteiger partial charge in [-0.2, -0.15) is 0 Å². The molecule has 1 aliphatic heterocycles. The molecule has 1 rings (SSSR count).